The van der Waals surface area contributed by atoms with Crippen molar-refractivity contribution in [3.8, 4) is 22.8 Å². The summed E-state index contributed by atoms with van der Waals surface area (Å²) in [6.07, 6.45) is 4.91. The Kier molecular flexibility index (Phi) is 3.64. The average Bonchev–Trinajstić information content (AvgIpc) is 3.40. The molecule has 2 aliphatic rings. The van der Waals surface area contributed by atoms with Crippen LogP contribution in [0.2, 0.25) is 0 Å². The van der Waals surface area contributed by atoms with Gasteiger partial charge in [-0.25, -0.2) is 4.39 Å². The van der Waals surface area contributed by atoms with Gasteiger partial charge < -0.3 is 14.8 Å². The molecule has 6 rings (SSSR count). The van der Waals surface area contributed by atoms with Crippen molar-refractivity contribution < 1.29 is 13.9 Å². The first-order chi connectivity index (χ1) is 14.7. The van der Waals surface area contributed by atoms with Gasteiger partial charge >= 0.3 is 0 Å². The highest BCUT2D eigenvalue weighted by Gasteiger charge is 2.31. The van der Waals surface area contributed by atoms with Crippen LogP contribution in [0.4, 0.5) is 10.2 Å². The van der Waals surface area contributed by atoms with E-state index in [9.17, 15) is 4.39 Å². The molecule has 5 heterocycles. The number of aromatic nitrogens is 5. The number of hydrogen-bond donors (Lipinski definition) is 1. The molecule has 2 aliphatic heterocycles. The molecule has 8 nitrogen and oxygen atoms in total. The Bertz CT molecular complexity index is 1300. The Morgan fingerprint density at radius 2 is 1.97 bits per heavy atom. The van der Waals surface area contributed by atoms with Crippen molar-refractivity contribution in [2.75, 3.05) is 18.5 Å². The second-order valence-corrected chi connectivity index (χ2v) is 7.40. The summed E-state index contributed by atoms with van der Waals surface area (Å²) >= 11 is 0. The lowest BCUT2D eigenvalue weighted by Crippen LogP contribution is -2.13. The van der Waals surface area contributed by atoms with Gasteiger partial charge in [-0.3, -0.25) is 14.4 Å². The molecule has 0 spiro atoms. The number of ether oxygens (including phenoxy) is 2. The smallest absolute Gasteiger partial charge is 0.171 e. The quantitative estimate of drug-likeness (QED) is 0.522. The molecule has 1 unspecified atom stereocenters. The van der Waals surface area contributed by atoms with E-state index < -0.39 is 0 Å². The molecule has 1 atom stereocenters. The zero-order valence-corrected chi connectivity index (χ0v) is 16.1. The number of halogens is 1. The maximum atomic E-state index is 14.7. The largest absolute Gasteiger partial charge is 0.493 e. The third-order valence-electron chi connectivity index (χ3n) is 5.66. The predicted octanol–water partition coefficient (Wildman–Crippen LogP) is 3.11. The summed E-state index contributed by atoms with van der Waals surface area (Å²) in [4.78, 5) is 8.82. The lowest BCUT2D eigenvalue weighted by molar-refractivity contribution is 0.249. The normalized spacial score (nSPS) is 17.1. The maximum absolute atomic E-state index is 14.7. The van der Waals surface area contributed by atoms with Crippen LogP contribution in [0.1, 0.15) is 22.7 Å². The predicted molar refractivity (Wildman–Crippen MR) is 106 cm³/mol. The van der Waals surface area contributed by atoms with E-state index in [-0.39, 0.29) is 11.7 Å². The Morgan fingerprint density at radius 1 is 1.13 bits per heavy atom. The van der Waals surface area contributed by atoms with Gasteiger partial charge in [0.2, 0.25) is 0 Å². The summed E-state index contributed by atoms with van der Waals surface area (Å²) in [6, 6.07) is 5.03. The van der Waals surface area contributed by atoms with E-state index in [1.165, 1.54) is 6.07 Å². The maximum Gasteiger partial charge on any atom is 0.171 e. The van der Waals surface area contributed by atoms with E-state index in [1.807, 2.05) is 17.4 Å². The molecule has 0 saturated heterocycles. The van der Waals surface area contributed by atoms with Crippen LogP contribution >= 0.6 is 0 Å². The number of nitrogens with one attached hydrogen (secondary N) is 1. The van der Waals surface area contributed by atoms with Crippen LogP contribution in [0.3, 0.4) is 0 Å². The first kappa shape index (κ1) is 17.1. The molecule has 9 heteroatoms. The zero-order chi connectivity index (χ0) is 20.2. The second kappa shape index (κ2) is 6.38. The van der Waals surface area contributed by atoms with Crippen LogP contribution in [0.25, 0.3) is 16.9 Å². The molecular weight excluding hydrogens is 387 g/mol. The molecule has 150 valence electrons. The number of benzene rings is 1. The van der Waals surface area contributed by atoms with E-state index in [0.717, 1.165) is 22.6 Å². The topological polar surface area (TPSA) is 86.5 Å². The fraction of sp³-hybridized carbons (Fsp3) is 0.238. The van der Waals surface area contributed by atoms with Crippen molar-refractivity contribution in [2.24, 2.45) is 0 Å². The van der Waals surface area contributed by atoms with Crippen molar-refractivity contribution >= 4 is 11.5 Å². The van der Waals surface area contributed by atoms with Crippen molar-refractivity contribution in [1.82, 2.24) is 24.6 Å². The van der Waals surface area contributed by atoms with Crippen LogP contribution < -0.4 is 14.8 Å². The minimum Gasteiger partial charge on any atom is -0.493 e. The number of fused-ring (bicyclic) bond motifs is 3. The third-order valence-corrected chi connectivity index (χ3v) is 5.66. The summed E-state index contributed by atoms with van der Waals surface area (Å²) < 4.78 is 28.5. The van der Waals surface area contributed by atoms with Crippen LogP contribution in [0.15, 0.2) is 36.9 Å². The molecule has 0 radical (unpaired) electrons. The molecule has 0 saturated carbocycles. The molecule has 30 heavy (non-hydrogen) atoms. The fourth-order valence-corrected chi connectivity index (χ4v) is 4.23. The number of pyridine rings is 1. The molecule has 3 aromatic heterocycles. The van der Waals surface area contributed by atoms with E-state index in [2.05, 4.69) is 25.5 Å². The summed E-state index contributed by atoms with van der Waals surface area (Å²) in [6.45, 7) is 3.02. The first-order valence-electron chi connectivity index (χ1n) is 9.66. The minimum atomic E-state index is -0.257. The van der Waals surface area contributed by atoms with Crippen LogP contribution in [0.5, 0.6) is 11.5 Å². The van der Waals surface area contributed by atoms with E-state index in [4.69, 9.17) is 9.47 Å². The number of anilines is 1. The van der Waals surface area contributed by atoms with Gasteiger partial charge in [0.1, 0.15) is 17.9 Å². The SMILES string of the molecule is Cc1nccnc1-c1cc2c(n3cnnc13)NCc1c(F)ccc3c1C(CO3)CO2. The van der Waals surface area contributed by atoms with E-state index in [1.54, 1.807) is 24.8 Å². The highest BCUT2D eigenvalue weighted by atomic mass is 19.1. The third kappa shape index (κ3) is 2.44. The molecule has 1 N–H and O–H groups in total. The van der Waals surface area contributed by atoms with Gasteiger partial charge in [-0.1, -0.05) is 0 Å². The van der Waals surface area contributed by atoms with Crippen LogP contribution in [-0.4, -0.2) is 37.8 Å². The highest BCUT2D eigenvalue weighted by molar-refractivity contribution is 5.81. The Balaban J connectivity index is 1.54. The number of hydrogen-bond acceptors (Lipinski definition) is 7. The highest BCUT2D eigenvalue weighted by Crippen LogP contribution is 2.41. The summed E-state index contributed by atoms with van der Waals surface area (Å²) in [5.74, 6) is 1.70. The monoisotopic (exact) mass is 404 g/mol. The zero-order valence-electron chi connectivity index (χ0n) is 16.1. The number of rotatable bonds is 1. The average molecular weight is 404 g/mol. The fourth-order valence-electron chi connectivity index (χ4n) is 4.23. The van der Waals surface area contributed by atoms with Gasteiger partial charge in [-0.15, -0.1) is 10.2 Å². The molecule has 4 aromatic rings. The molecule has 1 aromatic carbocycles. The Morgan fingerprint density at radius 3 is 2.83 bits per heavy atom. The second-order valence-electron chi connectivity index (χ2n) is 7.40. The van der Waals surface area contributed by atoms with Gasteiger partial charge in [0, 0.05) is 30.1 Å². The van der Waals surface area contributed by atoms with Crippen molar-refractivity contribution in [2.45, 2.75) is 19.4 Å². The summed E-state index contributed by atoms with van der Waals surface area (Å²) in [5, 5.41) is 11.7. The van der Waals surface area contributed by atoms with Gasteiger partial charge in [0.15, 0.2) is 17.2 Å². The standard InChI is InChI=1S/C21H17FN6O2/c1-11-19(24-5-4-23-11)13-6-17-21(28-10-26-27-20(13)28)25-7-14-15(22)2-3-16-18(14)12(8-29-16)9-30-17/h2-6,10,12,25H,7-9H2,1H3. The van der Waals surface area contributed by atoms with Crippen LogP contribution in [-0.2, 0) is 6.54 Å². The van der Waals surface area contributed by atoms with Gasteiger partial charge in [-0.05, 0) is 25.1 Å². The van der Waals surface area contributed by atoms with Gasteiger partial charge in [0.25, 0.3) is 0 Å². The first-order valence-corrected chi connectivity index (χ1v) is 9.66. The molecular formula is C21H17FN6O2. The van der Waals surface area contributed by atoms with Crippen molar-refractivity contribution in [3.63, 3.8) is 0 Å². The Hall–Kier alpha value is -3.75. The lowest BCUT2D eigenvalue weighted by Gasteiger charge is -2.16. The minimum absolute atomic E-state index is 0.0447. The number of nitrogens with zero attached hydrogens (tertiary/aromatic N) is 5. The van der Waals surface area contributed by atoms with Crippen molar-refractivity contribution in [1.29, 1.82) is 0 Å². The van der Waals surface area contributed by atoms with E-state index in [0.29, 0.717) is 48.2 Å². The molecule has 0 bridgehead atoms. The number of aryl methyl sites for hydroxylation is 1. The molecule has 0 aliphatic carbocycles. The van der Waals surface area contributed by atoms with Gasteiger partial charge in [-0.2, -0.15) is 0 Å². The molecule has 0 fully saturated rings. The van der Waals surface area contributed by atoms with E-state index >= 15 is 0 Å². The van der Waals surface area contributed by atoms with Crippen LogP contribution in [0, 0.1) is 12.7 Å². The van der Waals surface area contributed by atoms with Gasteiger partial charge in [0.05, 0.1) is 36.1 Å². The summed E-state index contributed by atoms with van der Waals surface area (Å²) in [7, 11) is 0. The lowest BCUT2D eigenvalue weighted by atomic mass is 9.96. The Labute approximate surface area is 170 Å². The summed E-state index contributed by atoms with van der Waals surface area (Å²) in [5.41, 5.74) is 4.35. The molecule has 0 amide bonds. The van der Waals surface area contributed by atoms with Crippen molar-refractivity contribution in [3.05, 3.63) is 59.6 Å².